The predicted molar refractivity (Wildman–Crippen MR) is 80.0 cm³/mol. The highest BCUT2D eigenvalue weighted by molar-refractivity contribution is 5.94. The van der Waals surface area contributed by atoms with E-state index in [0.29, 0.717) is 18.7 Å². The second-order valence-electron chi connectivity index (χ2n) is 5.38. The van der Waals surface area contributed by atoms with E-state index in [4.69, 9.17) is 10.5 Å². The molecule has 0 aliphatic heterocycles. The van der Waals surface area contributed by atoms with Crippen molar-refractivity contribution in [3.8, 4) is 5.75 Å². The van der Waals surface area contributed by atoms with E-state index in [1.807, 2.05) is 13.8 Å². The third-order valence-corrected chi connectivity index (χ3v) is 2.96. The maximum absolute atomic E-state index is 13.3. The molecule has 0 saturated heterocycles. The molecule has 1 amide bonds. The molecule has 1 rings (SSSR count). The summed E-state index contributed by atoms with van der Waals surface area (Å²) in [6.07, 6.45) is 0. The summed E-state index contributed by atoms with van der Waals surface area (Å²) in [4.78, 5) is 13.8. The van der Waals surface area contributed by atoms with E-state index in [2.05, 4.69) is 0 Å². The van der Waals surface area contributed by atoms with Gasteiger partial charge in [-0.15, -0.1) is 12.4 Å². The van der Waals surface area contributed by atoms with E-state index in [1.165, 1.54) is 25.3 Å². The Hall–Kier alpha value is -1.33. The number of hydrogen-bond acceptors (Lipinski definition) is 3. The van der Waals surface area contributed by atoms with Gasteiger partial charge in [0.25, 0.3) is 5.91 Å². The number of carbonyl (C=O) groups is 1. The number of ether oxygens (including phenoxy) is 1. The second-order valence-corrected chi connectivity index (χ2v) is 5.38. The van der Waals surface area contributed by atoms with E-state index in [-0.39, 0.29) is 29.5 Å². The minimum atomic E-state index is -0.482. The van der Waals surface area contributed by atoms with E-state index in [0.717, 1.165) is 0 Å². The molecule has 1 aromatic rings. The molecule has 0 unspecified atom stereocenters. The molecule has 0 fully saturated rings. The average Bonchev–Trinajstić information content (AvgIpc) is 2.38. The summed E-state index contributed by atoms with van der Waals surface area (Å²) in [7, 11) is 3.07. The van der Waals surface area contributed by atoms with E-state index in [1.54, 1.807) is 11.9 Å². The highest BCUT2D eigenvalue weighted by Crippen LogP contribution is 2.20. The summed E-state index contributed by atoms with van der Waals surface area (Å²) < 4.78 is 18.2. The minimum Gasteiger partial charge on any atom is -0.494 e. The van der Waals surface area contributed by atoms with Gasteiger partial charge < -0.3 is 15.4 Å². The Kier molecular flexibility index (Phi) is 6.96. The molecule has 114 valence electrons. The molecule has 0 atom stereocenters. The van der Waals surface area contributed by atoms with Crippen molar-refractivity contribution >= 4 is 18.3 Å². The van der Waals surface area contributed by atoms with Crippen LogP contribution in [-0.2, 0) is 0 Å². The molecule has 0 heterocycles. The topological polar surface area (TPSA) is 55.6 Å². The molecule has 6 heteroatoms. The first-order valence-electron chi connectivity index (χ1n) is 6.10. The number of nitrogens with zero attached hydrogens (tertiary/aromatic N) is 1. The lowest BCUT2D eigenvalue weighted by Crippen LogP contribution is -2.39. The Morgan fingerprint density at radius 3 is 2.55 bits per heavy atom. The summed E-state index contributed by atoms with van der Waals surface area (Å²) in [5, 5.41) is 0. The van der Waals surface area contributed by atoms with Crippen LogP contribution in [0.2, 0.25) is 0 Å². The summed E-state index contributed by atoms with van der Waals surface area (Å²) in [5.41, 5.74) is 5.89. The molecule has 1 aromatic carbocycles. The van der Waals surface area contributed by atoms with Crippen molar-refractivity contribution in [2.24, 2.45) is 11.1 Å². The molecule has 4 nitrogen and oxygen atoms in total. The summed E-state index contributed by atoms with van der Waals surface area (Å²) in [6.45, 7) is 4.99. The van der Waals surface area contributed by atoms with Gasteiger partial charge >= 0.3 is 0 Å². The zero-order valence-corrected chi connectivity index (χ0v) is 13.1. The summed E-state index contributed by atoms with van der Waals surface area (Å²) in [5.74, 6) is -0.596. The Morgan fingerprint density at radius 2 is 2.05 bits per heavy atom. The molecule has 0 aliphatic carbocycles. The first-order chi connectivity index (χ1) is 8.80. The summed E-state index contributed by atoms with van der Waals surface area (Å²) >= 11 is 0. The van der Waals surface area contributed by atoms with Crippen molar-refractivity contribution in [1.29, 1.82) is 0 Å². The lowest BCUT2D eigenvalue weighted by atomic mass is 9.93. The van der Waals surface area contributed by atoms with Crippen LogP contribution in [0, 0.1) is 11.2 Å². The lowest BCUT2D eigenvalue weighted by molar-refractivity contribution is 0.0740. The van der Waals surface area contributed by atoms with Crippen molar-refractivity contribution < 1.29 is 13.9 Å². The van der Waals surface area contributed by atoms with Crippen LogP contribution in [-0.4, -0.2) is 38.1 Å². The molecule has 0 saturated carbocycles. The quantitative estimate of drug-likeness (QED) is 0.908. The fraction of sp³-hybridized carbons (Fsp3) is 0.500. The van der Waals surface area contributed by atoms with Crippen molar-refractivity contribution in [2.45, 2.75) is 13.8 Å². The zero-order chi connectivity index (χ0) is 14.6. The standard InChI is InChI=1S/C14H21FN2O2.ClH/c1-14(2,8-16)9-17(3)13(18)10-5-6-11(15)12(7-10)19-4;/h5-7H,8-9,16H2,1-4H3;1H. The van der Waals surface area contributed by atoms with Crippen LogP contribution < -0.4 is 10.5 Å². The van der Waals surface area contributed by atoms with Gasteiger partial charge in [-0.25, -0.2) is 4.39 Å². The first kappa shape index (κ1) is 18.7. The highest BCUT2D eigenvalue weighted by Gasteiger charge is 2.22. The number of carbonyl (C=O) groups excluding carboxylic acids is 1. The maximum atomic E-state index is 13.3. The molecule has 0 radical (unpaired) electrons. The third-order valence-electron chi connectivity index (χ3n) is 2.96. The molecular weight excluding hydrogens is 283 g/mol. The number of halogens is 2. The molecular formula is C14H22ClFN2O2. The number of methoxy groups -OCH3 is 1. The number of nitrogens with two attached hydrogens (primary N) is 1. The van der Waals surface area contributed by atoms with Crippen LogP contribution >= 0.6 is 12.4 Å². The molecule has 0 aliphatic rings. The number of rotatable bonds is 5. The van der Waals surface area contributed by atoms with Crippen LogP contribution in [0.5, 0.6) is 5.75 Å². The Balaban J connectivity index is 0.00000361. The van der Waals surface area contributed by atoms with Crippen molar-refractivity contribution in [2.75, 3.05) is 27.2 Å². The predicted octanol–water partition coefficient (Wildman–Crippen LogP) is 2.31. The van der Waals surface area contributed by atoms with Gasteiger partial charge in [0.15, 0.2) is 11.6 Å². The fourth-order valence-electron chi connectivity index (χ4n) is 1.79. The van der Waals surface area contributed by atoms with Gasteiger partial charge in [-0.3, -0.25) is 4.79 Å². The number of amides is 1. The van der Waals surface area contributed by atoms with Gasteiger partial charge in [0, 0.05) is 19.2 Å². The van der Waals surface area contributed by atoms with Crippen molar-refractivity contribution in [3.63, 3.8) is 0 Å². The molecule has 0 aromatic heterocycles. The van der Waals surface area contributed by atoms with Gasteiger partial charge in [-0.1, -0.05) is 13.8 Å². The monoisotopic (exact) mass is 304 g/mol. The first-order valence-corrected chi connectivity index (χ1v) is 6.10. The normalized spacial score (nSPS) is 10.7. The van der Waals surface area contributed by atoms with Crippen LogP contribution in [0.25, 0.3) is 0 Å². The second kappa shape index (κ2) is 7.45. The van der Waals surface area contributed by atoms with Crippen LogP contribution in [0.15, 0.2) is 18.2 Å². The largest absolute Gasteiger partial charge is 0.494 e. The molecule has 0 bridgehead atoms. The molecule has 20 heavy (non-hydrogen) atoms. The Labute approximate surface area is 125 Å². The van der Waals surface area contributed by atoms with Gasteiger partial charge in [0.1, 0.15) is 0 Å². The number of hydrogen-bond donors (Lipinski definition) is 1. The SMILES string of the molecule is COc1cc(C(=O)N(C)CC(C)(C)CN)ccc1F.Cl. The Bertz CT molecular complexity index is 466. The minimum absolute atomic E-state index is 0. The van der Waals surface area contributed by atoms with E-state index >= 15 is 0 Å². The average molecular weight is 305 g/mol. The van der Waals surface area contributed by atoms with E-state index < -0.39 is 5.82 Å². The van der Waals surface area contributed by atoms with Gasteiger partial charge in [0.05, 0.1) is 7.11 Å². The highest BCUT2D eigenvalue weighted by atomic mass is 35.5. The Morgan fingerprint density at radius 1 is 1.45 bits per heavy atom. The fourth-order valence-corrected chi connectivity index (χ4v) is 1.79. The van der Waals surface area contributed by atoms with Crippen molar-refractivity contribution in [3.05, 3.63) is 29.6 Å². The van der Waals surface area contributed by atoms with Gasteiger partial charge in [-0.05, 0) is 30.2 Å². The van der Waals surface area contributed by atoms with Gasteiger partial charge in [0.2, 0.25) is 0 Å². The zero-order valence-electron chi connectivity index (χ0n) is 12.3. The van der Waals surface area contributed by atoms with Crippen LogP contribution in [0.3, 0.4) is 0 Å². The van der Waals surface area contributed by atoms with E-state index in [9.17, 15) is 9.18 Å². The number of benzene rings is 1. The van der Waals surface area contributed by atoms with Gasteiger partial charge in [-0.2, -0.15) is 0 Å². The third kappa shape index (κ3) is 4.65. The smallest absolute Gasteiger partial charge is 0.253 e. The lowest BCUT2D eigenvalue weighted by Gasteiger charge is -2.29. The van der Waals surface area contributed by atoms with Crippen LogP contribution in [0.4, 0.5) is 4.39 Å². The maximum Gasteiger partial charge on any atom is 0.253 e. The van der Waals surface area contributed by atoms with Crippen molar-refractivity contribution in [1.82, 2.24) is 4.90 Å². The van der Waals surface area contributed by atoms with Crippen LogP contribution in [0.1, 0.15) is 24.2 Å². The molecule has 0 spiro atoms. The molecule has 2 N–H and O–H groups in total. The summed E-state index contributed by atoms with van der Waals surface area (Å²) in [6, 6.07) is 4.09.